The summed E-state index contributed by atoms with van der Waals surface area (Å²) >= 11 is 0. The van der Waals surface area contributed by atoms with E-state index in [0.717, 1.165) is 10.6 Å². The molecule has 0 bridgehead atoms. The van der Waals surface area contributed by atoms with E-state index in [0.29, 0.717) is 0 Å². The monoisotopic (exact) mass is 212 g/mol. The number of nitrogens with one attached hydrogen (secondary N) is 2. The van der Waals surface area contributed by atoms with Gasteiger partial charge in [0, 0.05) is 25.2 Å². The molecule has 0 aromatic carbocycles. The molecular formula is C10H24N2O2. The molecule has 86 valence electrons. The zero-order chi connectivity index (χ0) is 17.6. The predicted octanol–water partition coefficient (Wildman–Crippen LogP) is -0.293. The molecule has 0 aliphatic carbocycles. The van der Waals surface area contributed by atoms with Crippen molar-refractivity contribution in [2.75, 3.05) is 26.2 Å². The Bertz CT molecular complexity index is 293. The summed E-state index contributed by atoms with van der Waals surface area (Å²) < 4.78 is 59.3. The first kappa shape index (κ1) is 5.25. The van der Waals surface area contributed by atoms with Crippen molar-refractivity contribution in [1.82, 2.24) is 10.6 Å². The van der Waals surface area contributed by atoms with Gasteiger partial charge in [-0.2, -0.15) is 0 Å². The summed E-state index contributed by atoms with van der Waals surface area (Å²) in [6.07, 6.45) is 0.475. The average molecular weight is 212 g/mol. The van der Waals surface area contributed by atoms with Crippen LogP contribution in [-0.4, -0.2) is 51.4 Å². The summed E-state index contributed by atoms with van der Waals surface area (Å²) in [7, 11) is 0. The molecule has 0 unspecified atom stereocenters. The SMILES string of the molecule is [2H]OC([2H])([2H])[C@H](CC)N([2H])CCN([2H])[C@@H](CC)C([2H])([2H])O[2H]. The summed E-state index contributed by atoms with van der Waals surface area (Å²) in [5, 5.41) is 9.81. The molecule has 0 radical (unpaired) electrons. The van der Waals surface area contributed by atoms with Gasteiger partial charge in [0.1, 0.15) is 2.82 Å². The maximum atomic E-state index is 7.84. The first-order valence-corrected chi connectivity index (χ1v) is 4.87. The Kier molecular flexibility index (Phi) is 3.53. The number of rotatable bonds is 11. The summed E-state index contributed by atoms with van der Waals surface area (Å²) in [5.41, 5.74) is 0. The van der Waals surface area contributed by atoms with Crippen molar-refractivity contribution in [3.8, 4) is 0 Å². The maximum Gasteiger partial charge on any atom is 0.210 e. The van der Waals surface area contributed by atoms with Crippen molar-refractivity contribution in [2.45, 2.75) is 38.8 Å². The summed E-state index contributed by atoms with van der Waals surface area (Å²) in [4.78, 5) is 0. The van der Waals surface area contributed by atoms with E-state index in [2.05, 4.69) is 10.2 Å². The largest absolute Gasteiger partial charge is 0.395 e. The van der Waals surface area contributed by atoms with Gasteiger partial charge in [-0.15, -0.1) is 0 Å². The number of aliphatic hydroxyl groups is 2. The molecule has 0 aromatic rings. The molecule has 4 heteroatoms. The fourth-order valence-electron chi connectivity index (χ4n) is 0.927. The summed E-state index contributed by atoms with van der Waals surface area (Å²) in [5.74, 6) is 0. The highest BCUT2D eigenvalue weighted by atomic mass is 16.3. The van der Waals surface area contributed by atoms with E-state index in [-0.39, 0.29) is 25.9 Å². The lowest BCUT2D eigenvalue weighted by atomic mass is 10.2. The molecule has 0 heterocycles. The highest BCUT2D eigenvalue weighted by molar-refractivity contribution is 4.67. The molecule has 0 spiro atoms. The highest BCUT2D eigenvalue weighted by Crippen LogP contribution is 1.89. The molecule has 0 rings (SSSR count). The van der Waals surface area contributed by atoms with E-state index in [1.807, 2.05) is 0 Å². The van der Waals surface area contributed by atoms with E-state index in [1.54, 1.807) is 13.8 Å². The van der Waals surface area contributed by atoms with Crippen LogP contribution in [0.4, 0.5) is 0 Å². The zero-order valence-corrected chi connectivity index (χ0v) is 8.69. The highest BCUT2D eigenvalue weighted by Gasteiger charge is 2.04. The van der Waals surface area contributed by atoms with Crippen LogP contribution >= 0.6 is 0 Å². The van der Waals surface area contributed by atoms with Crippen molar-refractivity contribution in [2.24, 2.45) is 0 Å². The minimum atomic E-state index is -2.31. The van der Waals surface area contributed by atoms with Crippen LogP contribution in [0.2, 0.25) is 2.82 Å². The van der Waals surface area contributed by atoms with Gasteiger partial charge >= 0.3 is 0 Å². The minimum absolute atomic E-state index is 0.0462. The Balaban J connectivity index is 4.71. The van der Waals surface area contributed by atoms with Crippen LogP contribution < -0.4 is 10.6 Å². The van der Waals surface area contributed by atoms with Gasteiger partial charge in [-0.05, 0) is 12.8 Å². The van der Waals surface area contributed by atoms with Gasteiger partial charge in [-0.1, -0.05) is 13.8 Å². The van der Waals surface area contributed by atoms with Crippen LogP contribution in [-0.2, 0) is 0 Å². The Morgan fingerprint density at radius 2 is 1.57 bits per heavy atom. The standard InChI is InChI=1S/C10H24N2O2/c1-3-9(7-13)11-5-6-12-10(4-2)8-14/h9-14H,3-8H2,1-2H3/t9-,10-/m0/s1/i7D2,8D2,13D,14D/hD2. The molecule has 14 heavy (non-hydrogen) atoms. The zero-order valence-electron chi connectivity index (χ0n) is 16.7. The second-order valence-electron chi connectivity index (χ2n) is 2.90. The van der Waals surface area contributed by atoms with Crippen LogP contribution in [0.5, 0.6) is 0 Å². The second kappa shape index (κ2) is 9.40. The molecule has 0 fully saturated rings. The average Bonchev–Trinajstić information content (AvgIpc) is 2.46. The normalized spacial score (nSPS) is 26.3. The lowest BCUT2D eigenvalue weighted by Crippen LogP contribution is -2.40. The van der Waals surface area contributed by atoms with Gasteiger partial charge in [-0.3, -0.25) is 0 Å². The summed E-state index contributed by atoms with van der Waals surface area (Å²) in [6.45, 7) is -1.41. The van der Waals surface area contributed by atoms with E-state index in [4.69, 9.17) is 11.2 Å². The Labute approximate surface area is 98.2 Å². The van der Waals surface area contributed by atoms with Crippen LogP contribution in [0.15, 0.2) is 0 Å². The molecule has 2 atom stereocenters. The molecule has 4 nitrogen and oxygen atoms in total. The molecule has 4 N–H and O–H groups in total. The lowest BCUT2D eigenvalue weighted by Gasteiger charge is -2.17. The first-order chi connectivity index (χ1) is 10.1. The van der Waals surface area contributed by atoms with Gasteiger partial charge in [0.25, 0.3) is 0 Å². The Morgan fingerprint density at radius 1 is 1.14 bits per heavy atom. The quantitative estimate of drug-likeness (QED) is 0.380. The van der Waals surface area contributed by atoms with Crippen molar-refractivity contribution in [3.63, 3.8) is 0 Å². The van der Waals surface area contributed by atoms with Crippen molar-refractivity contribution >= 4 is 0 Å². The second-order valence-corrected chi connectivity index (χ2v) is 2.90. The maximum absolute atomic E-state index is 7.84. The van der Waals surface area contributed by atoms with Crippen LogP contribution in [0.1, 0.15) is 32.2 Å². The smallest absolute Gasteiger partial charge is 0.210 e. The van der Waals surface area contributed by atoms with E-state index < -0.39 is 25.2 Å². The summed E-state index contributed by atoms with van der Waals surface area (Å²) in [6, 6.07) is -1.97. The number of hydrogen-bond donors (Lipinski definition) is 4. The van der Waals surface area contributed by atoms with Gasteiger partial charge in [-0.25, -0.2) is 0 Å². The van der Waals surface area contributed by atoms with Crippen molar-refractivity contribution in [1.29, 1.82) is 2.86 Å². The van der Waals surface area contributed by atoms with Gasteiger partial charge in [0.05, 0.1) is 18.6 Å². The van der Waals surface area contributed by atoms with Crippen molar-refractivity contribution < 1.29 is 18.5 Å². The third-order valence-corrected chi connectivity index (χ3v) is 1.84. The fourth-order valence-corrected chi connectivity index (χ4v) is 0.927. The minimum Gasteiger partial charge on any atom is -0.395 e. The van der Waals surface area contributed by atoms with E-state index in [1.165, 1.54) is 0 Å². The molecule has 0 saturated heterocycles. The third-order valence-electron chi connectivity index (χ3n) is 1.84. The fraction of sp³-hybridized carbons (Fsp3) is 1.00. The molecule has 0 aliphatic rings. The molecule has 0 aromatic heterocycles. The predicted molar refractivity (Wildman–Crippen MR) is 58.3 cm³/mol. The number of hydrogen-bond acceptors (Lipinski definition) is 4. The third kappa shape index (κ3) is 6.32. The first-order valence-electron chi connectivity index (χ1n) is 8.58. The van der Waals surface area contributed by atoms with E-state index in [9.17, 15) is 0 Å². The van der Waals surface area contributed by atoms with Gasteiger partial charge in [0.2, 0.25) is 2.86 Å². The van der Waals surface area contributed by atoms with E-state index >= 15 is 0 Å². The molecule has 0 aliphatic heterocycles. The van der Waals surface area contributed by atoms with Crippen molar-refractivity contribution in [3.05, 3.63) is 0 Å². The Hall–Kier alpha value is -0.160. The molecule has 0 saturated carbocycles. The Morgan fingerprint density at radius 3 is 1.86 bits per heavy atom. The molecule has 0 amide bonds. The molecular weight excluding hydrogens is 180 g/mol. The van der Waals surface area contributed by atoms with Gasteiger partial charge < -0.3 is 20.8 Å². The lowest BCUT2D eigenvalue weighted by molar-refractivity contribution is 0.229. The van der Waals surface area contributed by atoms with Crippen LogP contribution in [0.25, 0.3) is 0 Å². The van der Waals surface area contributed by atoms with Gasteiger partial charge in [0.15, 0.2) is 0 Å². The van der Waals surface area contributed by atoms with Crippen LogP contribution in [0.3, 0.4) is 0 Å². The topological polar surface area (TPSA) is 64.5 Å². The van der Waals surface area contributed by atoms with Crippen LogP contribution in [0, 0.1) is 0 Å².